The summed E-state index contributed by atoms with van der Waals surface area (Å²) in [6, 6.07) is 0. The number of hydrogen-bond donors (Lipinski definition) is 1. The number of carbonyl (C=O) groups is 2. The van der Waals surface area contributed by atoms with Crippen LogP contribution in [-0.2, 0) is 23.8 Å². The third-order valence-corrected chi connectivity index (χ3v) is 7.35. The van der Waals surface area contributed by atoms with Crippen LogP contribution in [0.25, 0.3) is 0 Å². The second kappa shape index (κ2) is 7.50. The van der Waals surface area contributed by atoms with Crippen molar-refractivity contribution in [2.24, 2.45) is 11.8 Å². The zero-order chi connectivity index (χ0) is 20.9. The Kier molecular flexibility index (Phi) is 5.73. The van der Waals surface area contributed by atoms with Crippen molar-refractivity contribution in [3.05, 3.63) is 23.8 Å². The van der Waals surface area contributed by atoms with E-state index in [2.05, 4.69) is 13.5 Å². The molecular formula is C21H30O6S. The minimum absolute atomic E-state index is 0.0222. The van der Waals surface area contributed by atoms with E-state index in [0.29, 0.717) is 24.0 Å². The zero-order valence-corrected chi connectivity index (χ0v) is 18.0. The Morgan fingerprint density at radius 1 is 1.46 bits per heavy atom. The summed E-state index contributed by atoms with van der Waals surface area (Å²) in [5.41, 5.74) is 0.169. The van der Waals surface area contributed by atoms with Gasteiger partial charge >= 0.3 is 11.9 Å². The molecule has 0 aliphatic carbocycles. The first kappa shape index (κ1) is 21.4. The normalized spacial score (nSPS) is 42.2. The number of esters is 2. The first-order chi connectivity index (χ1) is 13.0. The molecule has 2 fully saturated rings. The van der Waals surface area contributed by atoms with Crippen LogP contribution in [0.2, 0.25) is 0 Å². The van der Waals surface area contributed by atoms with Crippen molar-refractivity contribution >= 4 is 23.7 Å². The molecule has 2 bridgehead atoms. The number of aliphatic hydroxyl groups is 1. The lowest BCUT2D eigenvalue weighted by Gasteiger charge is -2.36. The second-order valence-corrected chi connectivity index (χ2v) is 9.93. The molecule has 3 aliphatic rings. The summed E-state index contributed by atoms with van der Waals surface area (Å²) in [5.74, 6) is -2.19. The van der Waals surface area contributed by atoms with Crippen LogP contribution in [0, 0.1) is 11.8 Å². The Balaban J connectivity index is 2.07. The maximum absolute atomic E-state index is 12.4. The monoisotopic (exact) mass is 410 g/mol. The largest absolute Gasteiger partial charge is 0.461 e. The Morgan fingerprint density at radius 2 is 2.14 bits per heavy atom. The van der Waals surface area contributed by atoms with Crippen molar-refractivity contribution in [2.45, 2.75) is 76.3 Å². The highest BCUT2D eigenvalue weighted by Gasteiger charge is 2.58. The summed E-state index contributed by atoms with van der Waals surface area (Å²) in [4.78, 5) is 24.7. The van der Waals surface area contributed by atoms with E-state index in [9.17, 15) is 14.7 Å². The van der Waals surface area contributed by atoms with Gasteiger partial charge in [0.1, 0.15) is 12.2 Å². The van der Waals surface area contributed by atoms with Crippen molar-refractivity contribution in [3.63, 3.8) is 0 Å². The quantitative estimate of drug-likeness (QED) is 0.433. The predicted molar refractivity (Wildman–Crippen MR) is 107 cm³/mol. The van der Waals surface area contributed by atoms with E-state index < -0.39 is 35.5 Å². The molecule has 2 saturated heterocycles. The van der Waals surface area contributed by atoms with Gasteiger partial charge in [0.05, 0.1) is 17.4 Å². The van der Waals surface area contributed by atoms with E-state index in [0.717, 1.165) is 5.75 Å². The van der Waals surface area contributed by atoms with Gasteiger partial charge in [0.25, 0.3) is 0 Å². The molecule has 7 heteroatoms. The number of carbonyl (C=O) groups excluding carboxylic acids is 2. The lowest BCUT2D eigenvalue weighted by Crippen LogP contribution is -2.44. The Morgan fingerprint density at radius 3 is 2.75 bits per heavy atom. The average molecular weight is 411 g/mol. The van der Waals surface area contributed by atoms with Gasteiger partial charge in [0.15, 0.2) is 5.79 Å². The fourth-order valence-electron chi connectivity index (χ4n) is 4.30. The molecule has 1 N–H and O–H groups in total. The molecule has 3 aliphatic heterocycles. The minimum atomic E-state index is -1.43. The Labute approximate surface area is 170 Å². The van der Waals surface area contributed by atoms with Gasteiger partial charge in [0, 0.05) is 23.7 Å². The Bertz CT molecular complexity index is 716. The van der Waals surface area contributed by atoms with Gasteiger partial charge in [-0.25, -0.2) is 4.79 Å². The van der Waals surface area contributed by atoms with Gasteiger partial charge < -0.3 is 19.3 Å². The van der Waals surface area contributed by atoms with Gasteiger partial charge in [-0.2, -0.15) is 11.8 Å². The molecule has 2 unspecified atom stereocenters. The molecule has 3 heterocycles. The number of thioether (sulfide) groups is 1. The summed E-state index contributed by atoms with van der Waals surface area (Å²) >= 11 is 1.72. The Hall–Kier alpha value is -1.31. The van der Waals surface area contributed by atoms with Gasteiger partial charge in [-0.1, -0.05) is 27.4 Å². The highest BCUT2D eigenvalue weighted by atomic mass is 32.2. The lowest BCUT2D eigenvalue weighted by atomic mass is 9.81. The molecule has 0 spiro atoms. The molecule has 6 atom stereocenters. The van der Waals surface area contributed by atoms with Gasteiger partial charge in [-0.3, -0.25) is 4.79 Å². The molecule has 0 saturated carbocycles. The number of ether oxygens (including phenoxy) is 3. The van der Waals surface area contributed by atoms with Crippen molar-refractivity contribution in [2.75, 3.05) is 5.75 Å². The molecule has 0 aromatic carbocycles. The van der Waals surface area contributed by atoms with Crippen molar-refractivity contribution < 1.29 is 28.9 Å². The van der Waals surface area contributed by atoms with Crippen LogP contribution in [0.1, 0.15) is 47.5 Å². The van der Waals surface area contributed by atoms with Crippen LogP contribution in [-0.4, -0.2) is 51.6 Å². The third-order valence-electron chi connectivity index (χ3n) is 5.95. The molecule has 0 amide bonds. The molecule has 6 nitrogen and oxygen atoms in total. The molecule has 28 heavy (non-hydrogen) atoms. The molecular weight excluding hydrogens is 380 g/mol. The maximum Gasteiger partial charge on any atom is 0.334 e. The summed E-state index contributed by atoms with van der Waals surface area (Å²) in [5, 5.41) is 11.2. The number of fused-ring (bicyclic) bond motifs is 3. The summed E-state index contributed by atoms with van der Waals surface area (Å²) in [6.45, 7) is 13.2. The average Bonchev–Trinajstić information content (AvgIpc) is 3.01. The SMILES string of the molecule is C=C1C(=O)O[C@@H]2/C=C(\C)[C@@]3(O)CC(SCC)[C@@](C)(CC(OC(=O)C(C)C)[C@@H]12)O3. The summed E-state index contributed by atoms with van der Waals surface area (Å²) in [7, 11) is 0. The van der Waals surface area contributed by atoms with E-state index in [-0.39, 0.29) is 17.1 Å². The van der Waals surface area contributed by atoms with E-state index in [4.69, 9.17) is 14.2 Å². The molecule has 0 radical (unpaired) electrons. The van der Waals surface area contributed by atoms with Gasteiger partial charge in [0.2, 0.25) is 0 Å². The molecule has 0 aromatic rings. The predicted octanol–water partition coefficient (Wildman–Crippen LogP) is 2.99. The minimum Gasteiger partial charge on any atom is -0.461 e. The third kappa shape index (κ3) is 3.64. The number of rotatable bonds is 4. The van der Waals surface area contributed by atoms with Gasteiger partial charge in [-0.15, -0.1) is 0 Å². The van der Waals surface area contributed by atoms with Crippen LogP contribution in [0.4, 0.5) is 0 Å². The van der Waals surface area contributed by atoms with Crippen LogP contribution < -0.4 is 0 Å². The van der Waals surface area contributed by atoms with Crippen LogP contribution in [0.5, 0.6) is 0 Å². The lowest BCUT2D eigenvalue weighted by molar-refractivity contribution is -0.203. The zero-order valence-electron chi connectivity index (χ0n) is 17.2. The highest BCUT2D eigenvalue weighted by Crippen LogP contribution is 2.51. The molecule has 156 valence electrons. The standard InChI is InChI=1S/C21H30O6S/c1-7-28-16-10-21(24)12(4)8-14-17(13(5)19(23)25-14)15(9-20(16,6)27-21)26-18(22)11(2)3/h8,11,14-17,24H,5,7,9-10H2,1-4,6H3/b12-8+/t14-,15?,16?,17+,20-,21-/m1/s1. The first-order valence-corrected chi connectivity index (χ1v) is 10.9. The van der Waals surface area contributed by atoms with Crippen LogP contribution in [0.15, 0.2) is 23.8 Å². The fraction of sp³-hybridized carbons (Fsp3) is 0.714. The van der Waals surface area contributed by atoms with Crippen LogP contribution in [0.3, 0.4) is 0 Å². The van der Waals surface area contributed by atoms with E-state index in [1.807, 2.05) is 6.92 Å². The topological polar surface area (TPSA) is 82.1 Å². The maximum atomic E-state index is 12.4. The molecule has 0 aromatic heterocycles. The van der Waals surface area contributed by atoms with E-state index in [1.54, 1.807) is 38.6 Å². The number of hydrogen-bond acceptors (Lipinski definition) is 7. The van der Waals surface area contributed by atoms with Gasteiger partial charge in [-0.05, 0) is 31.2 Å². The van der Waals surface area contributed by atoms with Crippen molar-refractivity contribution in [1.82, 2.24) is 0 Å². The second-order valence-electron chi connectivity index (χ2n) is 8.45. The van der Waals surface area contributed by atoms with Crippen molar-refractivity contribution in [1.29, 1.82) is 0 Å². The smallest absolute Gasteiger partial charge is 0.334 e. The molecule has 3 rings (SSSR count). The summed E-state index contributed by atoms with van der Waals surface area (Å²) < 4.78 is 17.6. The van der Waals surface area contributed by atoms with E-state index >= 15 is 0 Å². The summed E-state index contributed by atoms with van der Waals surface area (Å²) in [6.07, 6.45) is 1.23. The first-order valence-electron chi connectivity index (χ1n) is 9.84. The van der Waals surface area contributed by atoms with Crippen molar-refractivity contribution in [3.8, 4) is 0 Å². The van der Waals surface area contributed by atoms with Crippen LogP contribution >= 0.6 is 11.8 Å². The highest BCUT2D eigenvalue weighted by molar-refractivity contribution is 7.99. The fourth-order valence-corrected chi connectivity index (χ4v) is 5.54. The van der Waals surface area contributed by atoms with E-state index in [1.165, 1.54) is 0 Å².